The molecule has 108 valence electrons. The van der Waals surface area contributed by atoms with Gasteiger partial charge in [-0.05, 0) is 42.5 Å². The summed E-state index contributed by atoms with van der Waals surface area (Å²) < 4.78 is 5.54. The van der Waals surface area contributed by atoms with Gasteiger partial charge in [-0.2, -0.15) is 0 Å². The van der Waals surface area contributed by atoms with Crippen LogP contribution in [0.1, 0.15) is 34.1 Å². The number of hydrogen-bond donors (Lipinski definition) is 1. The van der Waals surface area contributed by atoms with Gasteiger partial charge in [-0.15, -0.1) is 0 Å². The fraction of sp³-hybridized carbons (Fsp3) is 0.125. The van der Waals surface area contributed by atoms with Crippen LogP contribution >= 0.6 is 11.6 Å². The number of ether oxygens (including phenoxy) is 1. The van der Waals surface area contributed by atoms with Gasteiger partial charge >= 0.3 is 5.97 Å². The van der Waals surface area contributed by atoms with E-state index in [1.807, 2.05) is 0 Å². The first kappa shape index (κ1) is 15.1. The Morgan fingerprint density at radius 1 is 1.14 bits per heavy atom. The third-order valence-corrected chi connectivity index (χ3v) is 3.13. The minimum Gasteiger partial charge on any atom is -0.478 e. The summed E-state index contributed by atoms with van der Waals surface area (Å²) in [6.07, 6.45) is 0.431. The van der Waals surface area contributed by atoms with Gasteiger partial charge in [-0.3, -0.25) is 4.79 Å². The van der Waals surface area contributed by atoms with Crippen LogP contribution in [0.5, 0.6) is 11.5 Å². The monoisotopic (exact) mass is 304 g/mol. The van der Waals surface area contributed by atoms with Crippen molar-refractivity contribution in [3.05, 3.63) is 58.6 Å². The molecule has 0 saturated carbocycles. The van der Waals surface area contributed by atoms with Gasteiger partial charge in [0, 0.05) is 17.0 Å². The molecule has 0 fully saturated rings. The summed E-state index contributed by atoms with van der Waals surface area (Å²) in [5.74, 6) is -0.432. The predicted molar refractivity (Wildman–Crippen MR) is 79.5 cm³/mol. The number of Topliss-reactive ketones (excluding diaryl/α,β-unsaturated/α-hetero) is 1. The molecule has 0 aliphatic heterocycles. The molecule has 0 unspecified atom stereocenters. The van der Waals surface area contributed by atoms with Gasteiger partial charge in [0.1, 0.15) is 17.1 Å². The molecular weight excluding hydrogens is 292 g/mol. The van der Waals surface area contributed by atoms with Crippen molar-refractivity contribution in [1.82, 2.24) is 0 Å². The fourth-order valence-corrected chi connectivity index (χ4v) is 1.97. The molecule has 0 bridgehead atoms. The highest BCUT2D eigenvalue weighted by atomic mass is 35.5. The molecule has 4 nitrogen and oxygen atoms in total. The van der Waals surface area contributed by atoms with E-state index < -0.39 is 5.97 Å². The molecule has 0 atom stereocenters. The molecule has 1 N–H and O–H groups in total. The largest absolute Gasteiger partial charge is 0.478 e. The second kappa shape index (κ2) is 6.41. The zero-order valence-corrected chi connectivity index (χ0v) is 12.1. The first-order chi connectivity index (χ1) is 10.0. The number of carbonyl (C=O) groups is 2. The molecule has 0 aromatic heterocycles. The van der Waals surface area contributed by atoms with Crippen LogP contribution < -0.4 is 4.74 Å². The van der Waals surface area contributed by atoms with E-state index in [1.165, 1.54) is 12.1 Å². The lowest BCUT2D eigenvalue weighted by Gasteiger charge is -2.09. The molecule has 0 aliphatic carbocycles. The topological polar surface area (TPSA) is 63.6 Å². The zero-order valence-electron chi connectivity index (χ0n) is 11.3. The summed E-state index contributed by atoms with van der Waals surface area (Å²) in [6, 6.07) is 10.9. The highest BCUT2D eigenvalue weighted by Gasteiger charge is 2.13. The Hall–Kier alpha value is -2.33. The number of aromatic carboxylic acids is 1. The second-order valence-corrected chi connectivity index (χ2v) is 4.79. The van der Waals surface area contributed by atoms with Crippen LogP contribution in [-0.4, -0.2) is 16.9 Å². The average molecular weight is 305 g/mol. The quantitative estimate of drug-likeness (QED) is 0.830. The van der Waals surface area contributed by atoms with Gasteiger partial charge < -0.3 is 9.84 Å². The molecule has 2 aromatic rings. The molecule has 2 rings (SSSR count). The summed E-state index contributed by atoms with van der Waals surface area (Å²) >= 11 is 5.78. The molecular formula is C16H13ClO4. The zero-order chi connectivity index (χ0) is 15.4. The lowest BCUT2D eigenvalue weighted by atomic mass is 10.1. The van der Waals surface area contributed by atoms with E-state index in [9.17, 15) is 9.59 Å². The van der Waals surface area contributed by atoms with Gasteiger partial charge in [0.05, 0.1) is 0 Å². The van der Waals surface area contributed by atoms with E-state index in [0.29, 0.717) is 22.8 Å². The molecule has 0 aliphatic rings. The first-order valence-electron chi connectivity index (χ1n) is 6.35. The lowest BCUT2D eigenvalue weighted by molar-refractivity contribution is 0.0694. The summed E-state index contributed by atoms with van der Waals surface area (Å²) in [4.78, 5) is 22.7. The average Bonchev–Trinajstić information content (AvgIpc) is 2.49. The molecule has 21 heavy (non-hydrogen) atoms. The van der Waals surface area contributed by atoms with Crippen LogP contribution in [0.15, 0.2) is 42.5 Å². The number of rotatable bonds is 5. The number of carboxylic acid groups (broad SMARTS) is 1. The highest BCUT2D eigenvalue weighted by Crippen LogP contribution is 2.28. The van der Waals surface area contributed by atoms with E-state index in [1.54, 1.807) is 37.3 Å². The lowest BCUT2D eigenvalue weighted by Crippen LogP contribution is -2.00. The van der Waals surface area contributed by atoms with Gasteiger partial charge in [0.2, 0.25) is 0 Å². The molecule has 0 amide bonds. The third kappa shape index (κ3) is 3.61. The van der Waals surface area contributed by atoms with Crippen molar-refractivity contribution < 1.29 is 19.4 Å². The van der Waals surface area contributed by atoms with Gasteiger partial charge in [-0.25, -0.2) is 4.79 Å². The molecule has 0 spiro atoms. The summed E-state index contributed by atoms with van der Waals surface area (Å²) in [5.41, 5.74) is 0.579. The van der Waals surface area contributed by atoms with Crippen molar-refractivity contribution in [2.24, 2.45) is 0 Å². The second-order valence-electron chi connectivity index (χ2n) is 4.35. The van der Waals surface area contributed by atoms with Crippen LogP contribution in [0.4, 0.5) is 0 Å². The summed E-state index contributed by atoms with van der Waals surface area (Å²) in [6.45, 7) is 1.79. The van der Waals surface area contributed by atoms with Crippen molar-refractivity contribution in [3.8, 4) is 11.5 Å². The van der Waals surface area contributed by atoms with Gasteiger partial charge in [-0.1, -0.05) is 18.5 Å². The SMILES string of the molecule is CCC(=O)c1ccc(Oc2ccc(Cl)cc2C(=O)O)cc1. The van der Waals surface area contributed by atoms with E-state index in [2.05, 4.69) is 0 Å². The standard InChI is InChI=1S/C16H13ClO4/c1-2-14(18)10-3-6-12(7-4-10)21-15-8-5-11(17)9-13(15)16(19)20/h3-9H,2H2,1H3,(H,19,20). The van der Waals surface area contributed by atoms with E-state index in [-0.39, 0.29) is 17.1 Å². The maximum absolute atomic E-state index is 11.5. The number of carbonyl (C=O) groups excluding carboxylic acids is 1. The van der Waals surface area contributed by atoms with Gasteiger partial charge in [0.25, 0.3) is 0 Å². The van der Waals surface area contributed by atoms with Gasteiger partial charge in [0.15, 0.2) is 5.78 Å². The van der Waals surface area contributed by atoms with Crippen molar-refractivity contribution in [2.45, 2.75) is 13.3 Å². The summed E-state index contributed by atoms with van der Waals surface area (Å²) in [5, 5.41) is 9.46. The summed E-state index contributed by atoms with van der Waals surface area (Å²) in [7, 11) is 0. The van der Waals surface area contributed by atoms with Crippen LogP contribution in [0.2, 0.25) is 5.02 Å². The van der Waals surface area contributed by atoms with Crippen LogP contribution in [0.25, 0.3) is 0 Å². The van der Waals surface area contributed by atoms with Crippen LogP contribution in [0.3, 0.4) is 0 Å². The molecule has 2 aromatic carbocycles. The van der Waals surface area contributed by atoms with Crippen molar-refractivity contribution >= 4 is 23.4 Å². The predicted octanol–water partition coefficient (Wildman–Crippen LogP) is 4.42. The molecule has 0 heterocycles. The number of benzene rings is 2. The Kier molecular flexibility index (Phi) is 4.60. The Bertz CT molecular complexity index is 677. The van der Waals surface area contributed by atoms with Crippen molar-refractivity contribution in [1.29, 1.82) is 0 Å². The van der Waals surface area contributed by atoms with E-state index >= 15 is 0 Å². The minimum absolute atomic E-state index is 0.0174. The van der Waals surface area contributed by atoms with Crippen LogP contribution in [0, 0.1) is 0 Å². The maximum Gasteiger partial charge on any atom is 0.339 e. The number of carboxylic acids is 1. The number of halogens is 1. The Labute approximate surface area is 126 Å². The van der Waals surface area contributed by atoms with E-state index in [0.717, 1.165) is 0 Å². The highest BCUT2D eigenvalue weighted by molar-refractivity contribution is 6.31. The molecule has 0 saturated heterocycles. The van der Waals surface area contributed by atoms with Crippen LogP contribution in [-0.2, 0) is 0 Å². The third-order valence-electron chi connectivity index (χ3n) is 2.90. The Morgan fingerprint density at radius 3 is 2.38 bits per heavy atom. The minimum atomic E-state index is -1.12. The Balaban J connectivity index is 2.26. The Morgan fingerprint density at radius 2 is 1.81 bits per heavy atom. The normalized spacial score (nSPS) is 10.2. The number of hydrogen-bond acceptors (Lipinski definition) is 3. The number of ketones is 1. The van der Waals surface area contributed by atoms with Crippen molar-refractivity contribution in [3.63, 3.8) is 0 Å². The van der Waals surface area contributed by atoms with E-state index in [4.69, 9.17) is 21.4 Å². The molecule has 0 radical (unpaired) electrons. The smallest absolute Gasteiger partial charge is 0.339 e. The molecule has 5 heteroatoms. The first-order valence-corrected chi connectivity index (χ1v) is 6.73. The fourth-order valence-electron chi connectivity index (χ4n) is 1.80. The maximum atomic E-state index is 11.5. The van der Waals surface area contributed by atoms with Crippen molar-refractivity contribution in [2.75, 3.05) is 0 Å².